The number of ether oxygens (including phenoxy) is 1. The van der Waals surface area contributed by atoms with Crippen LogP contribution >= 0.6 is 0 Å². The zero-order chi connectivity index (χ0) is 14.5. The molecular formula is C14H16N2O4. The van der Waals surface area contributed by atoms with Gasteiger partial charge in [0.1, 0.15) is 6.54 Å². The predicted octanol–water partition coefficient (Wildman–Crippen LogP) is 1.31. The molecule has 0 fully saturated rings. The van der Waals surface area contributed by atoms with Crippen LogP contribution in [-0.2, 0) is 19.1 Å². The maximum Gasteiger partial charge on any atom is 0.306 e. The number of carbonyl (C=O) groups is 3. The van der Waals surface area contributed by atoms with Crippen molar-refractivity contribution in [2.24, 2.45) is 0 Å². The minimum absolute atomic E-state index is 0.0208. The number of fused-ring (bicyclic) bond motifs is 1. The van der Waals surface area contributed by atoms with Crippen molar-refractivity contribution in [3.63, 3.8) is 0 Å². The highest BCUT2D eigenvalue weighted by Crippen LogP contribution is 2.29. The number of nitrogens with zero attached hydrogens (tertiary/aromatic N) is 1. The van der Waals surface area contributed by atoms with Crippen LogP contribution in [0.5, 0.6) is 0 Å². The van der Waals surface area contributed by atoms with E-state index < -0.39 is 5.97 Å². The van der Waals surface area contributed by atoms with Crippen LogP contribution in [0.15, 0.2) is 24.3 Å². The van der Waals surface area contributed by atoms with E-state index in [0.29, 0.717) is 18.0 Å². The summed E-state index contributed by atoms with van der Waals surface area (Å²) < 4.78 is 4.78. The first-order valence-electron chi connectivity index (χ1n) is 6.46. The average Bonchev–Trinajstić information content (AvgIpc) is 2.44. The van der Waals surface area contributed by atoms with E-state index in [4.69, 9.17) is 4.74 Å². The van der Waals surface area contributed by atoms with Gasteiger partial charge in [-0.3, -0.25) is 14.4 Å². The molecule has 6 heteroatoms. The number of nitrogens with one attached hydrogen (secondary N) is 1. The van der Waals surface area contributed by atoms with Crippen molar-refractivity contribution in [3.05, 3.63) is 24.3 Å². The molecule has 106 valence electrons. The number of hydrogen-bond donors (Lipinski definition) is 1. The molecule has 1 aromatic rings. The van der Waals surface area contributed by atoms with Crippen LogP contribution in [0.1, 0.15) is 19.8 Å². The van der Waals surface area contributed by atoms with E-state index in [9.17, 15) is 14.4 Å². The maximum absolute atomic E-state index is 12.2. The van der Waals surface area contributed by atoms with Crippen LogP contribution in [0.3, 0.4) is 0 Å². The lowest BCUT2D eigenvalue weighted by atomic mass is 10.1. The van der Waals surface area contributed by atoms with Gasteiger partial charge in [-0.15, -0.1) is 0 Å². The molecule has 20 heavy (non-hydrogen) atoms. The van der Waals surface area contributed by atoms with E-state index >= 15 is 0 Å². The van der Waals surface area contributed by atoms with Gasteiger partial charge in [-0.2, -0.15) is 0 Å². The summed E-state index contributed by atoms with van der Waals surface area (Å²) in [4.78, 5) is 36.4. The fourth-order valence-corrected chi connectivity index (χ4v) is 2.03. The fraction of sp³-hybridized carbons (Fsp3) is 0.357. The molecule has 0 aliphatic carbocycles. The summed E-state index contributed by atoms with van der Waals surface area (Å²) in [6, 6.07) is 7.07. The summed E-state index contributed by atoms with van der Waals surface area (Å²) in [7, 11) is 0. The minimum Gasteiger partial charge on any atom is -0.466 e. The summed E-state index contributed by atoms with van der Waals surface area (Å²) in [5.74, 6) is -0.913. The summed E-state index contributed by atoms with van der Waals surface area (Å²) in [5.41, 5.74) is 1.26. The van der Waals surface area contributed by atoms with Gasteiger partial charge in [0.25, 0.3) is 0 Å². The SMILES string of the molecule is CCOC(=O)CCC(=O)N1CC(=O)Nc2ccccc21. The number of para-hydroxylation sites is 2. The lowest BCUT2D eigenvalue weighted by Crippen LogP contribution is -2.42. The van der Waals surface area contributed by atoms with Crippen molar-refractivity contribution < 1.29 is 19.1 Å². The highest BCUT2D eigenvalue weighted by Gasteiger charge is 2.26. The highest BCUT2D eigenvalue weighted by atomic mass is 16.5. The number of rotatable bonds is 4. The molecule has 0 saturated carbocycles. The number of benzene rings is 1. The van der Waals surface area contributed by atoms with Gasteiger partial charge < -0.3 is 15.0 Å². The first kappa shape index (κ1) is 14.0. The Bertz CT molecular complexity index is 542. The molecule has 0 unspecified atom stereocenters. The zero-order valence-corrected chi connectivity index (χ0v) is 11.2. The van der Waals surface area contributed by atoms with Crippen molar-refractivity contribution in [1.29, 1.82) is 0 Å². The third-order valence-electron chi connectivity index (χ3n) is 2.92. The van der Waals surface area contributed by atoms with Crippen LogP contribution in [0.4, 0.5) is 11.4 Å². The Labute approximate surface area is 116 Å². The van der Waals surface area contributed by atoms with Crippen molar-refractivity contribution in [2.75, 3.05) is 23.4 Å². The first-order chi connectivity index (χ1) is 9.61. The monoisotopic (exact) mass is 276 g/mol. The van der Waals surface area contributed by atoms with E-state index in [-0.39, 0.29) is 31.2 Å². The summed E-state index contributed by atoms with van der Waals surface area (Å²) >= 11 is 0. The topological polar surface area (TPSA) is 75.7 Å². The molecule has 0 aromatic heterocycles. The Morgan fingerprint density at radius 3 is 2.80 bits per heavy atom. The molecule has 1 heterocycles. The van der Waals surface area contributed by atoms with Crippen LogP contribution in [0.2, 0.25) is 0 Å². The number of anilines is 2. The zero-order valence-electron chi connectivity index (χ0n) is 11.2. The van der Waals surface area contributed by atoms with Gasteiger partial charge in [0.05, 0.1) is 24.4 Å². The smallest absolute Gasteiger partial charge is 0.306 e. The van der Waals surface area contributed by atoms with Gasteiger partial charge in [-0.25, -0.2) is 0 Å². The molecule has 0 atom stereocenters. The molecule has 2 rings (SSSR count). The standard InChI is InChI=1S/C14H16N2O4/c1-2-20-14(19)8-7-13(18)16-9-12(17)15-10-5-3-4-6-11(10)16/h3-6H,2,7-9H2,1H3,(H,15,17). The largest absolute Gasteiger partial charge is 0.466 e. The van der Waals surface area contributed by atoms with Gasteiger partial charge in [-0.05, 0) is 19.1 Å². The van der Waals surface area contributed by atoms with E-state index in [1.165, 1.54) is 4.90 Å². The number of carbonyl (C=O) groups excluding carboxylic acids is 3. The summed E-state index contributed by atoms with van der Waals surface area (Å²) in [6.07, 6.45) is 0.0490. The van der Waals surface area contributed by atoms with E-state index in [1.54, 1.807) is 31.2 Å². The van der Waals surface area contributed by atoms with Crippen LogP contribution in [0.25, 0.3) is 0 Å². The van der Waals surface area contributed by atoms with Gasteiger partial charge in [0.2, 0.25) is 11.8 Å². The van der Waals surface area contributed by atoms with Gasteiger partial charge in [0, 0.05) is 6.42 Å². The molecule has 1 aliphatic heterocycles. The molecule has 2 amide bonds. The molecule has 1 aromatic carbocycles. The summed E-state index contributed by atoms with van der Waals surface area (Å²) in [6.45, 7) is 1.98. The quantitative estimate of drug-likeness (QED) is 0.841. The van der Waals surface area contributed by atoms with E-state index in [2.05, 4.69) is 5.32 Å². The second-order valence-corrected chi connectivity index (χ2v) is 4.35. The highest BCUT2D eigenvalue weighted by molar-refractivity contribution is 6.10. The van der Waals surface area contributed by atoms with Crippen LogP contribution in [0, 0.1) is 0 Å². The number of amides is 2. The predicted molar refractivity (Wildman–Crippen MR) is 73.3 cm³/mol. The van der Waals surface area contributed by atoms with E-state index in [1.807, 2.05) is 0 Å². The molecule has 0 bridgehead atoms. The Balaban J connectivity index is 2.06. The molecule has 1 aliphatic rings. The van der Waals surface area contributed by atoms with E-state index in [0.717, 1.165) is 0 Å². The number of esters is 1. The van der Waals surface area contributed by atoms with Gasteiger partial charge in [-0.1, -0.05) is 12.1 Å². The molecule has 0 spiro atoms. The fourth-order valence-electron chi connectivity index (χ4n) is 2.03. The molecule has 1 N–H and O–H groups in total. The van der Waals surface area contributed by atoms with Crippen molar-refractivity contribution >= 4 is 29.2 Å². The Morgan fingerprint density at radius 1 is 1.30 bits per heavy atom. The van der Waals surface area contributed by atoms with Gasteiger partial charge >= 0.3 is 5.97 Å². The second-order valence-electron chi connectivity index (χ2n) is 4.35. The van der Waals surface area contributed by atoms with Crippen molar-refractivity contribution in [2.45, 2.75) is 19.8 Å². The molecule has 0 radical (unpaired) electrons. The lowest BCUT2D eigenvalue weighted by molar-refractivity contribution is -0.144. The normalized spacial score (nSPS) is 13.4. The molecule has 0 saturated heterocycles. The Hall–Kier alpha value is -2.37. The molecule has 6 nitrogen and oxygen atoms in total. The van der Waals surface area contributed by atoms with Crippen molar-refractivity contribution in [1.82, 2.24) is 0 Å². The third kappa shape index (κ3) is 3.14. The maximum atomic E-state index is 12.2. The van der Waals surface area contributed by atoms with Crippen LogP contribution in [-0.4, -0.2) is 30.9 Å². The first-order valence-corrected chi connectivity index (χ1v) is 6.46. The van der Waals surface area contributed by atoms with Gasteiger partial charge in [0.15, 0.2) is 0 Å². The number of hydrogen-bond acceptors (Lipinski definition) is 4. The Kier molecular flexibility index (Phi) is 4.34. The average molecular weight is 276 g/mol. The summed E-state index contributed by atoms with van der Waals surface area (Å²) in [5, 5.41) is 2.71. The third-order valence-corrected chi connectivity index (χ3v) is 2.92. The lowest BCUT2D eigenvalue weighted by Gasteiger charge is -2.29. The Morgan fingerprint density at radius 2 is 2.05 bits per heavy atom. The van der Waals surface area contributed by atoms with Crippen LogP contribution < -0.4 is 10.2 Å². The molecular weight excluding hydrogens is 260 g/mol. The minimum atomic E-state index is -0.407. The van der Waals surface area contributed by atoms with Crippen molar-refractivity contribution in [3.8, 4) is 0 Å². The second kappa shape index (κ2) is 6.18.